The molecule has 0 N–H and O–H groups in total. The maximum Gasteiger partial charge on any atom is 0.0453 e. The number of benzene rings is 2. The number of hydrogen-bond donors (Lipinski definition) is 0. The van der Waals surface area contributed by atoms with Crippen LogP contribution in [0.15, 0.2) is 71.4 Å². The van der Waals surface area contributed by atoms with E-state index in [0.717, 1.165) is 25.7 Å². The van der Waals surface area contributed by atoms with Gasteiger partial charge in [0, 0.05) is 58.8 Å². The predicted molar refractivity (Wildman–Crippen MR) is 176 cm³/mol. The van der Waals surface area contributed by atoms with Gasteiger partial charge in [-0.2, -0.15) is 0 Å². The SMILES string of the molecule is c1cc2sc(CCc3cc4ccc5c(c4s3)-c3ccc4cc(CCc6cc7sccc7s6)sc4c3-5)cc2s1. The number of hydrogen-bond acceptors (Lipinski definition) is 6. The first-order valence-electron chi connectivity index (χ1n) is 12.8. The summed E-state index contributed by atoms with van der Waals surface area (Å²) < 4.78 is 8.71. The summed E-state index contributed by atoms with van der Waals surface area (Å²) in [5, 5.41) is 7.21. The monoisotopic (exact) mass is 596 g/mol. The minimum Gasteiger partial charge on any atom is -0.143 e. The molecule has 0 fully saturated rings. The normalized spacial score (nSPS) is 12.6. The van der Waals surface area contributed by atoms with E-state index in [1.54, 1.807) is 0 Å². The Hall–Kier alpha value is -2.32. The van der Waals surface area contributed by atoms with E-state index in [9.17, 15) is 0 Å². The highest BCUT2D eigenvalue weighted by Crippen LogP contribution is 2.56. The van der Waals surface area contributed by atoms with Gasteiger partial charge < -0.3 is 0 Å². The molecule has 0 bridgehead atoms. The summed E-state index contributed by atoms with van der Waals surface area (Å²) in [5.41, 5.74) is 5.88. The van der Waals surface area contributed by atoms with Gasteiger partial charge in [0.25, 0.3) is 0 Å². The van der Waals surface area contributed by atoms with Crippen molar-refractivity contribution in [3.8, 4) is 22.3 Å². The second-order valence-corrected chi connectivity index (χ2v) is 16.5. The van der Waals surface area contributed by atoms with Crippen LogP contribution in [-0.4, -0.2) is 0 Å². The Bertz CT molecular complexity index is 1920. The molecule has 0 aliphatic heterocycles. The molecule has 0 radical (unpaired) electrons. The van der Waals surface area contributed by atoms with Crippen molar-refractivity contribution in [3.63, 3.8) is 0 Å². The number of fused-ring (bicyclic) bond motifs is 10. The maximum atomic E-state index is 2.44. The molecule has 0 spiro atoms. The standard InChI is InChI=1S/C32H20S6/c1-7-23-29(31-17(1)13-19(37-31)3-5-21-15-27-25(35-21)9-11-33-27)24-8-2-18-14-20(38-32(18)30(23)24)4-6-22-16-28-26(36-22)10-12-34-28/h1-2,7-16H,3-6H2. The summed E-state index contributed by atoms with van der Waals surface area (Å²) in [4.78, 5) is 6.04. The summed E-state index contributed by atoms with van der Waals surface area (Å²) in [7, 11) is 0. The zero-order valence-electron chi connectivity index (χ0n) is 20.2. The van der Waals surface area contributed by atoms with E-state index in [1.807, 2.05) is 68.0 Å². The first-order chi connectivity index (χ1) is 18.8. The van der Waals surface area contributed by atoms with Crippen LogP contribution in [0.3, 0.4) is 0 Å². The van der Waals surface area contributed by atoms with Crippen LogP contribution in [0.25, 0.3) is 61.2 Å². The average Bonchev–Trinajstić information content (AvgIpc) is 3.71. The molecule has 1 aliphatic rings. The molecule has 8 aromatic rings. The molecule has 1 aliphatic carbocycles. The smallest absolute Gasteiger partial charge is 0.0453 e. The fraction of sp³-hybridized carbons (Fsp3) is 0.125. The first-order valence-corrected chi connectivity index (χ1v) is 17.8. The molecule has 0 saturated carbocycles. The third kappa shape index (κ3) is 3.48. The van der Waals surface area contributed by atoms with Gasteiger partial charge in [0.2, 0.25) is 0 Å². The largest absolute Gasteiger partial charge is 0.143 e. The second-order valence-electron chi connectivity index (χ2n) is 9.96. The second kappa shape index (κ2) is 8.59. The van der Waals surface area contributed by atoms with E-state index in [2.05, 4.69) is 71.4 Å². The lowest BCUT2D eigenvalue weighted by atomic mass is 9.79. The van der Waals surface area contributed by atoms with Gasteiger partial charge in [0.1, 0.15) is 0 Å². The Morgan fingerprint density at radius 3 is 1.32 bits per heavy atom. The van der Waals surface area contributed by atoms with Crippen molar-refractivity contribution in [1.82, 2.24) is 0 Å². The van der Waals surface area contributed by atoms with Crippen molar-refractivity contribution in [2.75, 3.05) is 0 Å². The van der Waals surface area contributed by atoms with Gasteiger partial charge in [-0.3, -0.25) is 0 Å². The lowest BCUT2D eigenvalue weighted by molar-refractivity contribution is 1.01. The van der Waals surface area contributed by atoms with Crippen LogP contribution in [-0.2, 0) is 25.7 Å². The molecule has 2 aromatic carbocycles. The lowest BCUT2D eigenvalue weighted by Gasteiger charge is -2.25. The molecule has 6 heteroatoms. The van der Waals surface area contributed by atoms with Crippen molar-refractivity contribution in [2.45, 2.75) is 25.7 Å². The molecule has 184 valence electrons. The Morgan fingerprint density at radius 2 is 0.868 bits per heavy atom. The summed E-state index contributed by atoms with van der Waals surface area (Å²) >= 11 is 11.7. The van der Waals surface area contributed by atoms with Gasteiger partial charge in [-0.15, -0.1) is 68.0 Å². The summed E-state index contributed by atoms with van der Waals surface area (Å²) in [6, 6.07) is 23.6. The molecule has 9 rings (SSSR count). The summed E-state index contributed by atoms with van der Waals surface area (Å²) in [6.45, 7) is 0. The van der Waals surface area contributed by atoms with Crippen molar-refractivity contribution >= 4 is 107 Å². The van der Waals surface area contributed by atoms with Crippen LogP contribution in [0.4, 0.5) is 0 Å². The highest BCUT2D eigenvalue weighted by Gasteiger charge is 2.28. The minimum absolute atomic E-state index is 1.13. The van der Waals surface area contributed by atoms with Crippen LogP contribution in [0, 0.1) is 0 Å². The van der Waals surface area contributed by atoms with Gasteiger partial charge >= 0.3 is 0 Å². The van der Waals surface area contributed by atoms with Crippen molar-refractivity contribution < 1.29 is 0 Å². The minimum atomic E-state index is 1.13. The van der Waals surface area contributed by atoms with E-state index < -0.39 is 0 Å². The van der Waals surface area contributed by atoms with Crippen LogP contribution in [0.2, 0.25) is 0 Å². The van der Waals surface area contributed by atoms with Crippen LogP contribution in [0.1, 0.15) is 19.5 Å². The van der Waals surface area contributed by atoms with E-state index in [-0.39, 0.29) is 0 Å². The van der Waals surface area contributed by atoms with Gasteiger partial charge in [-0.25, -0.2) is 0 Å². The van der Waals surface area contributed by atoms with E-state index >= 15 is 0 Å². The molecule has 6 heterocycles. The Morgan fingerprint density at radius 1 is 0.421 bits per heavy atom. The number of rotatable bonds is 6. The quantitative estimate of drug-likeness (QED) is 0.179. The molecule has 0 nitrogen and oxygen atoms in total. The van der Waals surface area contributed by atoms with E-state index in [4.69, 9.17) is 0 Å². The fourth-order valence-corrected chi connectivity index (χ4v) is 12.5. The molecule has 0 unspecified atom stereocenters. The summed E-state index contributed by atoms with van der Waals surface area (Å²) in [6.07, 6.45) is 4.54. The molecule has 0 atom stereocenters. The number of aryl methyl sites for hydroxylation is 4. The third-order valence-electron chi connectivity index (χ3n) is 7.63. The van der Waals surface area contributed by atoms with Crippen molar-refractivity contribution in [1.29, 1.82) is 0 Å². The van der Waals surface area contributed by atoms with Crippen molar-refractivity contribution in [3.05, 3.63) is 90.9 Å². The number of thiophene rings is 6. The molecular formula is C32H20S6. The van der Waals surface area contributed by atoms with E-state index in [1.165, 1.54) is 80.7 Å². The predicted octanol–water partition coefficient (Wildman–Crippen LogP) is 11.9. The summed E-state index contributed by atoms with van der Waals surface area (Å²) in [5.74, 6) is 0. The first kappa shape index (κ1) is 22.5. The maximum absolute atomic E-state index is 2.44. The zero-order valence-corrected chi connectivity index (χ0v) is 25.1. The van der Waals surface area contributed by atoms with Crippen LogP contribution in [0.5, 0.6) is 0 Å². The molecule has 38 heavy (non-hydrogen) atoms. The lowest BCUT2D eigenvalue weighted by Crippen LogP contribution is -1.98. The van der Waals surface area contributed by atoms with Gasteiger partial charge in [0.15, 0.2) is 0 Å². The molecule has 0 amide bonds. The van der Waals surface area contributed by atoms with Gasteiger partial charge in [-0.1, -0.05) is 24.3 Å². The highest BCUT2D eigenvalue weighted by molar-refractivity contribution is 7.27. The highest BCUT2D eigenvalue weighted by atomic mass is 32.1. The molecule has 6 aromatic heterocycles. The molecule has 0 saturated heterocycles. The van der Waals surface area contributed by atoms with Gasteiger partial charge in [-0.05, 0) is 94.7 Å². The van der Waals surface area contributed by atoms with Gasteiger partial charge in [0.05, 0.1) is 0 Å². The van der Waals surface area contributed by atoms with E-state index in [0.29, 0.717) is 0 Å². The van der Waals surface area contributed by atoms with Crippen LogP contribution < -0.4 is 0 Å². The Kier molecular flexibility index (Phi) is 5.08. The topological polar surface area (TPSA) is 0 Å². The molecular weight excluding hydrogens is 577 g/mol. The third-order valence-corrected chi connectivity index (χ3v) is 14.4. The van der Waals surface area contributed by atoms with Crippen LogP contribution >= 0.6 is 68.0 Å². The Labute approximate surface area is 244 Å². The van der Waals surface area contributed by atoms with Crippen molar-refractivity contribution in [2.24, 2.45) is 0 Å². The fourth-order valence-electron chi connectivity index (χ4n) is 5.82. The average molecular weight is 597 g/mol. The Balaban J connectivity index is 0.998. The zero-order chi connectivity index (χ0) is 24.8.